The van der Waals surface area contributed by atoms with Crippen molar-refractivity contribution in [3.8, 4) is 0 Å². The summed E-state index contributed by atoms with van der Waals surface area (Å²) < 4.78 is 5.10. The van der Waals surface area contributed by atoms with Gasteiger partial charge in [0, 0.05) is 19.6 Å². The van der Waals surface area contributed by atoms with E-state index in [1.807, 2.05) is 30.3 Å². The standard InChI is InChI=1S/C13H18N2O3/c16-12(14-8-11-4-2-1-3-5-11)15-9-13(17)6-7-18-10-13/h1-5,17H,6-10H2,(H2,14,15,16)/t13-/m0/s1. The van der Waals surface area contributed by atoms with E-state index in [0.717, 1.165) is 5.56 Å². The third-order valence-electron chi connectivity index (χ3n) is 2.96. The van der Waals surface area contributed by atoms with Gasteiger partial charge in [-0.1, -0.05) is 30.3 Å². The van der Waals surface area contributed by atoms with Gasteiger partial charge in [-0.2, -0.15) is 0 Å². The molecule has 0 radical (unpaired) electrons. The van der Waals surface area contributed by atoms with E-state index in [4.69, 9.17) is 4.74 Å². The maximum Gasteiger partial charge on any atom is 0.315 e. The summed E-state index contributed by atoms with van der Waals surface area (Å²) in [6.07, 6.45) is 0.561. The number of carbonyl (C=O) groups is 1. The number of benzene rings is 1. The first-order valence-electron chi connectivity index (χ1n) is 6.04. The van der Waals surface area contributed by atoms with Gasteiger partial charge in [0.25, 0.3) is 0 Å². The van der Waals surface area contributed by atoms with Gasteiger partial charge < -0.3 is 20.5 Å². The lowest BCUT2D eigenvalue weighted by atomic mass is 10.0. The minimum absolute atomic E-state index is 0.216. The van der Waals surface area contributed by atoms with Crippen LogP contribution in [-0.4, -0.2) is 36.5 Å². The van der Waals surface area contributed by atoms with Crippen LogP contribution in [-0.2, 0) is 11.3 Å². The topological polar surface area (TPSA) is 70.6 Å². The van der Waals surface area contributed by atoms with E-state index in [2.05, 4.69) is 10.6 Å². The number of carbonyl (C=O) groups excluding carboxylic acids is 1. The number of urea groups is 1. The number of nitrogens with one attached hydrogen (secondary N) is 2. The molecule has 0 unspecified atom stereocenters. The molecule has 1 fully saturated rings. The van der Waals surface area contributed by atoms with Crippen LogP contribution < -0.4 is 10.6 Å². The van der Waals surface area contributed by atoms with E-state index < -0.39 is 5.60 Å². The maximum absolute atomic E-state index is 11.5. The molecule has 0 aliphatic carbocycles. The third-order valence-corrected chi connectivity index (χ3v) is 2.96. The van der Waals surface area contributed by atoms with Gasteiger partial charge in [-0.05, 0) is 5.56 Å². The first kappa shape index (κ1) is 12.9. The zero-order valence-electron chi connectivity index (χ0n) is 10.2. The lowest BCUT2D eigenvalue weighted by Gasteiger charge is -2.20. The minimum atomic E-state index is -0.913. The van der Waals surface area contributed by atoms with Crippen LogP contribution in [0, 0.1) is 0 Å². The Morgan fingerprint density at radius 2 is 2.11 bits per heavy atom. The van der Waals surface area contributed by atoms with Crippen molar-refractivity contribution >= 4 is 6.03 Å². The molecule has 1 aromatic rings. The monoisotopic (exact) mass is 250 g/mol. The van der Waals surface area contributed by atoms with E-state index in [-0.39, 0.29) is 19.2 Å². The van der Waals surface area contributed by atoms with Crippen LogP contribution in [0.15, 0.2) is 30.3 Å². The molecule has 2 amide bonds. The second-order valence-electron chi connectivity index (χ2n) is 4.55. The highest BCUT2D eigenvalue weighted by Gasteiger charge is 2.32. The molecule has 0 spiro atoms. The normalized spacial score (nSPS) is 22.7. The Kier molecular flexibility index (Phi) is 4.17. The summed E-state index contributed by atoms with van der Waals surface area (Å²) in [5.74, 6) is 0. The number of hydrogen-bond donors (Lipinski definition) is 3. The van der Waals surface area contributed by atoms with Gasteiger partial charge in [-0.25, -0.2) is 4.79 Å². The molecule has 0 bridgehead atoms. The quantitative estimate of drug-likeness (QED) is 0.734. The second kappa shape index (κ2) is 5.84. The Bertz CT molecular complexity index is 388. The predicted octanol–water partition coefficient (Wildman–Crippen LogP) is 0.637. The van der Waals surface area contributed by atoms with Crippen LogP contribution >= 0.6 is 0 Å². The van der Waals surface area contributed by atoms with E-state index >= 15 is 0 Å². The van der Waals surface area contributed by atoms with Gasteiger partial charge in [0.05, 0.1) is 13.2 Å². The van der Waals surface area contributed by atoms with Gasteiger partial charge >= 0.3 is 6.03 Å². The summed E-state index contributed by atoms with van der Waals surface area (Å²) in [5.41, 5.74) is 0.125. The SMILES string of the molecule is O=C(NCc1ccccc1)NC[C@@]1(O)CCOC1. The van der Waals surface area contributed by atoms with Crippen molar-refractivity contribution in [3.63, 3.8) is 0 Å². The Labute approximate surface area is 106 Å². The van der Waals surface area contributed by atoms with Gasteiger partial charge in [0.2, 0.25) is 0 Å². The molecule has 3 N–H and O–H groups in total. The Morgan fingerprint density at radius 3 is 2.78 bits per heavy atom. The molecule has 98 valence electrons. The van der Waals surface area contributed by atoms with Crippen LogP contribution in [0.5, 0.6) is 0 Å². The van der Waals surface area contributed by atoms with Gasteiger partial charge in [-0.15, -0.1) is 0 Å². The molecule has 5 heteroatoms. The van der Waals surface area contributed by atoms with Crippen molar-refractivity contribution in [1.29, 1.82) is 0 Å². The van der Waals surface area contributed by atoms with Gasteiger partial charge in [-0.3, -0.25) is 0 Å². The summed E-state index contributed by atoms with van der Waals surface area (Å²) in [7, 11) is 0. The average Bonchev–Trinajstić information content (AvgIpc) is 2.83. The largest absolute Gasteiger partial charge is 0.386 e. The van der Waals surface area contributed by atoms with E-state index in [0.29, 0.717) is 19.6 Å². The number of ether oxygens (including phenoxy) is 1. The molecule has 5 nitrogen and oxygen atoms in total. The molecular weight excluding hydrogens is 232 g/mol. The summed E-state index contributed by atoms with van der Waals surface area (Å²) in [6, 6.07) is 9.39. The maximum atomic E-state index is 11.5. The number of hydrogen-bond acceptors (Lipinski definition) is 3. The first-order valence-corrected chi connectivity index (χ1v) is 6.04. The summed E-state index contributed by atoms with van der Waals surface area (Å²) >= 11 is 0. The highest BCUT2D eigenvalue weighted by molar-refractivity contribution is 5.73. The molecule has 1 atom stereocenters. The van der Waals surface area contributed by atoms with Crippen molar-refractivity contribution in [2.24, 2.45) is 0 Å². The van der Waals surface area contributed by atoms with Crippen molar-refractivity contribution in [3.05, 3.63) is 35.9 Å². The van der Waals surface area contributed by atoms with Crippen LogP contribution in [0.3, 0.4) is 0 Å². The van der Waals surface area contributed by atoms with Crippen LogP contribution in [0.4, 0.5) is 4.79 Å². The predicted molar refractivity (Wildman–Crippen MR) is 67.1 cm³/mol. The van der Waals surface area contributed by atoms with Crippen LogP contribution in [0.1, 0.15) is 12.0 Å². The summed E-state index contributed by atoms with van der Waals surface area (Å²) in [5, 5.41) is 15.4. The Hall–Kier alpha value is -1.59. The number of amides is 2. The minimum Gasteiger partial charge on any atom is -0.386 e. The fraction of sp³-hybridized carbons (Fsp3) is 0.462. The van der Waals surface area contributed by atoms with E-state index in [1.165, 1.54) is 0 Å². The van der Waals surface area contributed by atoms with Crippen LogP contribution in [0.2, 0.25) is 0 Å². The first-order chi connectivity index (χ1) is 8.68. The zero-order valence-corrected chi connectivity index (χ0v) is 10.2. The average molecular weight is 250 g/mol. The molecule has 18 heavy (non-hydrogen) atoms. The fourth-order valence-corrected chi connectivity index (χ4v) is 1.82. The molecule has 1 heterocycles. The fourth-order valence-electron chi connectivity index (χ4n) is 1.82. The summed E-state index contributed by atoms with van der Waals surface area (Å²) in [6.45, 7) is 1.52. The second-order valence-corrected chi connectivity index (χ2v) is 4.55. The smallest absolute Gasteiger partial charge is 0.315 e. The van der Waals surface area contributed by atoms with Gasteiger partial charge in [0.15, 0.2) is 0 Å². The third kappa shape index (κ3) is 3.72. The molecule has 0 aromatic heterocycles. The lowest BCUT2D eigenvalue weighted by Crippen LogP contribution is -2.46. The van der Waals surface area contributed by atoms with Gasteiger partial charge in [0.1, 0.15) is 5.60 Å². The molecular formula is C13H18N2O3. The summed E-state index contributed by atoms with van der Waals surface area (Å²) in [4.78, 5) is 11.5. The molecule has 1 saturated heterocycles. The van der Waals surface area contributed by atoms with Crippen LogP contribution in [0.25, 0.3) is 0 Å². The lowest BCUT2D eigenvalue weighted by molar-refractivity contribution is 0.0292. The number of rotatable bonds is 4. The van der Waals surface area contributed by atoms with E-state index in [1.54, 1.807) is 0 Å². The Morgan fingerprint density at radius 1 is 1.33 bits per heavy atom. The zero-order chi connectivity index (χ0) is 12.8. The highest BCUT2D eigenvalue weighted by Crippen LogP contribution is 2.16. The van der Waals surface area contributed by atoms with Crippen molar-refractivity contribution in [1.82, 2.24) is 10.6 Å². The Balaban J connectivity index is 1.69. The molecule has 1 aliphatic heterocycles. The van der Waals surface area contributed by atoms with E-state index in [9.17, 15) is 9.90 Å². The molecule has 1 aliphatic rings. The van der Waals surface area contributed by atoms with Crippen molar-refractivity contribution in [2.75, 3.05) is 19.8 Å². The molecule has 1 aromatic carbocycles. The number of aliphatic hydroxyl groups is 1. The molecule has 0 saturated carbocycles. The van der Waals surface area contributed by atoms with Crippen molar-refractivity contribution < 1.29 is 14.6 Å². The highest BCUT2D eigenvalue weighted by atomic mass is 16.5. The van der Waals surface area contributed by atoms with Crippen molar-refractivity contribution in [2.45, 2.75) is 18.6 Å². The molecule has 2 rings (SSSR count).